The molecule has 0 spiro atoms. The standard InChI is InChI=1S/C20H26N2O/c1-4-5-8-11-21-19-14-9-6-7-10-15(14)22-16-12-20(2,3)13-17(23)18(16)19/h6-7,9-10H,4-5,8,11-13H2,1-3H3,(H,21,22). The number of Topliss-reactive ketones (excluding diaryl/α,β-unsaturated/α-hetero) is 1. The topological polar surface area (TPSA) is 42.0 Å². The second-order valence-corrected chi connectivity index (χ2v) is 7.40. The fraction of sp³-hybridized carbons (Fsp3) is 0.500. The van der Waals surface area contributed by atoms with Crippen LogP contribution in [0.3, 0.4) is 0 Å². The van der Waals surface area contributed by atoms with Crippen LogP contribution >= 0.6 is 0 Å². The number of carbonyl (C=O) groups is 1. The average molecular weight is 310 g/mol. The maximum Gasteiger partial charge on any atom is 0.167 e. The van der Waals surface area contributed by atoms with Crippen LogP contribution in [0, 0.1) is 5.41 Å². The third-order valence-electron chi connectivity index (χ3n) is 4.61. The van der Waals surface area contributed by atoms with E-state index in [0.29, 0.717) is 6.42 Å². The number of hydrogen-bond donors (Lipinski definition) is 1. The highest BCUT2D eigenvalue weighted by atomic mass is 16.1. The molecule has 1 aromatic carbocycles. The van der Waals surface area contributed by atoms with Crippen LogP contribution in [0.4, 0.5) is 5.69 Å². The van der Waals surface area contributed by atoms with Gasteiger partial charge in [-0.3, -0.25) is 9.78 Å². The Morgan fingerprint density at radius 2 is 1.96 bits per heavy atom. The summed E-state index contributed by atoms with van der Waals surface area (Å²) in [5.41, 5.74) is 3.78. The van der Waals surface area contributed by atoms with Crippen LogP contribution in [0.25, 0.3) is 10.9 Å². The van der Waals surface area contributed by atoms with Gasteiger partial charge in [-0.1, -0.05) is 51.8 Å². The summed E-state index contributed by atoms with van der Waals surface area (Å²) < 4.78 is 0. The van der Waals surface area contributed by atoms with Crippen molar-refractivity contribution in [1.82, 2.24) is 4.98 Å². The van der Waals surface area contributed by atoms with E-state index >= 15 is 0 Å². The molecule has 1 N–H and O–H groups in total. The van der Waals surface area contributed by atoms with Crippen molar-refractivity contribution in [2.45, 2.75) is 52.9 Å². The number of rotatable bonds is 5. The largest absolute Gasteiger partial charge is 0.384 e. The van der Waals surface area contributed by atoms with Crippen molar-refractivity contribution in [2.24, 2.45) is 5.41 Å². The summed E-state index contributed by atoms with van der Waals surface area (Å²) in [6.45, 7) is 7.42. The highest BCUT2D eigenvalue weighted by molar-refractivity contribution is 6.10. The molecule has 0 fully saturated rings. The van der Waals surface area contributed by atoms with Gasteiger partial charge < -0.3 is 5.32 Å². The normalized spacial score (nSPS) is 16.4. The molecule has 1 aliphatic rings. The molecule has 0 bridgehead atoms. The summed E-state index contributed by atoms with van der Waals surface area (Å²) in [6.07, 6.45) is 5.00. The Kier molecular flexibility index (Phi) is 4.38. The molecule has 0 aliphatic heterocycles. The lowest BCUT2D eigenvalue weighted by molar-refractivity contribution is 0.0911. The minimum atomic E-state index is -0.000971. The number of benzene rings is 1. The highest BCUT2D eigenvalue weighted by Crippen LogP contribution is 2.39. The van der Waals surface area contributed by atoms with E-state index in [1.165, 1.54) is 12.8 Å². The number of anilines is 1. The zero-order valence-electron chi connectivity index (χ0n) is 14.4. The van der Waals surface area contributed by atoms with Crippen molar-refractivity contribution in [2.75, 3.05) is 11.9 Å². The molecule has 0 amide bonds. The molecule has 0 unspecified atom stereocenters. The van der Waals surface area contributed by atoms with Crippen molar-refractivity contribution >= 4 is 22.4 Å². The third-order valence-corrected chi connectivity index (χ3v) is 4.61. The van der Waals surface area contributed by atoms with E-state index < -0.39 is 0 Å². The Morgan fingerprint density at radius 3 is 2.74 bits per heavy atom. The Morgan fingerprint density at radius 1 is 1.17 bits per heavy atom. The number of pyridine rings is 1. The summed E-state index contributed by atoms with van der Waals surface area (Å²) in [4.78, 5) is 17.6. The molecule has 2 aromatic rings. The fourth-order valence-electron chi connectivity index (χ4n) is 3.50. The lowest BCUT2D eigenvalue weighted by atomic mass is 9.75. The predicted octanol–water partition coefficient (Wildman–Crippen LogP) is 4.99. The summed E-state index contributed by atoms with van der Waals surface area (Å²) in [5.74, 6) is 0.229. The van der Waals surface area contributed by atoms with E-state index in [1.807, 2.05) is 18.2 Å². The summed E-state index contributed by atoms with van der Waals surface area (Å²) in [7, 11) is 0. The molecular weight excluding hydrogens is 284 g/mol. The van der Waals surface area contributed by atoms with E-state index in [4.69, 9.17) is 4.98 Å². The number of fused-ring (bicyclic) bond motifs is 2. The zero-order chi connectivity index (χ0) is 16.4. The number of nitrogens with zero attached hydrogens (tertiary/aromatic N) is 1. The molecule has 3 nitrogen and oxygen atoms in total. The Hall–Kier alpha value is -1.90. The van der Waals surface area contributed by atoms with Crippen LogP contribution in [-0.4, -0.2) is 17.3 Å². The lowest BCUT2D eigenvalue weighted by Gasteiger charge is -2.31. The van der Waals surface area contributed by atoms with E-state index in [9.17, 15) is 4.79 Å². The maximum atomic E-state index is 12.8. The number of nitrogens with one attached hydrogen (secondary N) is 1. The summed E-state index contributed by atoms with van der Waals surface area (Å²) in [5, 5.41) is 4.61. The first-order chi connectivity index (χ1) is 11.0. The Bertz CT molecular complexity index is 734. The number of carbonyl (C=O) groups excluding carboxylic acids is 1. The first-order valence-corrected chi connectivity index (χ1v) is 8.70. The minimum absolute atomic E-state index is 0.000971. The van der Waals surface area contributed by atoms with Gasteiger partial charge in [-0.15, -0.1) is 0 Å². The average Bonchev–Trinajstić information content (AvgIpc) is 2.49. The Balaban J connectivity index is 2.08. The van der Waals surface area contributed by atoms with E-state index in [2.05, 4.69) is 32.2 Å². The van der Waals surface area contributed by atoms with Crippen molar-refractivity contribution in [3.05, 3.63) is 35.5 Å². The molecule has 0 radical (unpaired) electrons. The van der Waals surface area contributed by atoms with Gasteiger partial charge in [0.15, 0.2) is 5.78 Å². The van der Waals surface area contributed by atoms with Gasteiger partial charge in [0.2, 0.25) is 0 Å². The monoisotopic (exact) mass is 310 g/mol. The van der Waals surface area contributed by atoms with Gasteiger partial charge in [0.1, 0.15) is 0 Å². The molecule has 23 heavy (non-hydrogen) atoms. The molecule has 1 heterocycles. The lowest BCUT2D eigenvalue weighted by Crippen LogP contribution is -2.29. The van der Waals surface area contributed by atoms with Crippen LogP contribution in [0.15, 0.2) is 24.3 Å². The summed E-state index contributed by atoms with van der Waals surface area (Å²) >= 11 is 0. The number of unbranched alkanes of at least 4 members (excludes halogenated alkanes) is 2. The van der Waals surface area contributed by atoms with Crippen molar-refractivity contribution in [3.8, 4) is 0 Å². The van der Waals surface area contributed by atoms with Gasteiger partial charge in [0.05, 0.1) is 22.5 Å². The van der Waals surface area contributed by atoms with Crippen LogP contribution in [0.5, 0.6) is 0 Å². The van der Waals surface area contributed by atoms with Gasteiger partial charge in [0.25, 0.3) is 0 Å². The number of aromatic nitrogens is 1. The molecule has 1 aliphatic carbocycles. The van der Waals surface area contributed by atoms with Crippen molar-refractivity contribution in [1.29, 1.82) is 0 Å². The number of hydrogen-bond acceptors (Lipinski definition) is 3. The molecule has 0 saturated carbocycles. The molecular formula is C20H26N2O. The number of para-hydroxylation sites is 1. The van der Waals surface area contributed by atoms with Crippen LogP contribution < -0.4 is 5.32 Å². The second-order valence-electron chi connectivity index (χ2n) is 7.40. The molecule has 0 atom stereocenters. The van der Waals surface area contributed by atoms with Crippen molar-refractivity contribution in [3.63, 3.8) is 0 Å². The summed E-state index contributed by atoms with van der Waals surface area (Å²) in [6, 6.07) is 8.14. The van der Waals surface area contributed by atoms with Gasteiger partial charge in [-0.25, -0.2) is 0 Å². The smallest absolute Gasteiger partial charge is 0.167 e. The van der Waals surface area contributed by atoms with Gasteiger partial charge in [-0.05, 0) is 24.3 Å². The number of ketones is 1. The van der Waals surface area contributed by atoms with Crippen LogP contribution in [0.2, 0.25) is 0 Å². The van der Waals surface area contributed by atoms with E-state index in [-0.39, 0.29) is 11.2 Å². The van der Waals surface area contributed by atoms with Crippen LogP contribution in [0.1, 0.15) is 62.5 Å². The van der Waals surface area contributed by atoms with Crippen LogP contribution in [-0.2, 0) is 6.42 Å². The van der Waals surface area contributed by atoms with Gasteiger partial charge in [-0.2, -0.15) is 0 Å². The molecule has 0 saturated heterocycles. The zero-order valence-corrected chi connectivity index (χ0v) is 14.4. The van der Waals surface area contributed by atoms with E-state index in [1.54, 1.807) is 0 Å². The Labute approximate surface area is 138 Å². The minimum Gasteiger partial charge on any atom is -0.384 e. The SMILES string of the molecule is CCCCCNc1c2c(nc3ccccc13)CC(C)(C)CC2=O. The van der Waals surface area contributed by atoms with E-state index in [0.717, 1.165) is 47.2 Å². The van der Waals surface area contributed by atoms with Gasteiger partial charge >= 0.3 is 0 Å². The molecule has 3 rings (SSSR count). The first-order valence-electron chi connectivity index (χ1n) is 8.70. The first kappa shape index (κ1) is 16.0. The second kappa shape index (κ2) is 6.31. The fourth-order valence-corrected chi connectivity index (χ4v) is 3.50. The predicted molar refractivity (Wildman–Crippen MR) is 96.2 cm³/mol. The third kappa shape index (κ3) is 3.24. The van der Waals surface area contributed by atoms with Crippen molar-refractivity contribution < 1.29 is 4.79 Å². The molecule has 3 heteroatoms. The molecule has 122 valence electrons. The molecule has 1 aromatic heterocycles. The maximum absolute atomic E-state index is 12.8. The highest BCUT2D eigenvalue weighted by Gasteiger charge is 2.34. The van der Waals surface area contributed by atoms with Gasteiger partial charge in [0, 0.05) is 18.4 Å². The quantitative estimate of drug-likeness (QED) is 0.791.